The van der Waals surface area contributed by atoms with Gasteiger partial charge in [-0.3, -0.25) is 0 Å². The number of thiol groups is 1. The van der Waals surface area contributed by atoms with Crippen LogP contribution in [0.25, 0.3) is 0 Å². The van der Waals surface area contributed by atoms with Crippen molar-refractivity contribution in [1.29, 1.82) is 0 Å². The maximum Gasteiger partial charge on any atom is 0.458 e. The summed E-state index contributed by atoms with van der Waals surface area (Å²) in [6.45, 7) is 0. The predicted octanol–water partition coefficient (Wildman–Crippen LogP) is 3.63. The molecule has 0 aliphatic rings. The lowest BCUT2D eigenvalue weighted by atomic mass is 10.1. The third kappa shape index (κ3) is 1.84. The minimum Gasteiger partial charge on any atom is -0.191 e. The Balaban J connectivity index is 3.23. The van der Waals surface area contributed by atoms with E-state index in [-0.39, 0.29) is 4.90 Å². The first-order chi connectivity index (χ1) is 6.27. The van der Waals surface area contributed by atoms with Gasteiger partial charge in [-0.15, -0.1) is 12.6 Å². The number of hydrogen-bond donors (Lipinski definition) is 1. The first-order valence-corrected chi connectivity index (χ1v) is 3.94. The summed E-state index contributed by atoms with van der Waals surface area (Å²) in [6.07, 6.45) is -5.59. The quantitative estimate of drug-likeness (QED) is 0.550. The highest BCUT2D eigenvalue weighted by molar-refractivity contribution is 7.80. The van der Waals surface area contributed by atoms with Crippen LogP contribution in [0.3, 0.4) is 0 Å². The molecule has 0 aromatic heterocycles. The van der Waals surface area contributed by atoms with Crippen LogP contribution < -0.4 is 0 Å². The molecule has 0 saturated carbocycles. The molecule has 0 spiro atoms. The Morgan fingerprint density at radius 1 is 0.929 bits per heavy atom. The molecule has 0 amide bonds. The molecule has 0 bridgehead atoms. The highest BCUT2D eigenvalue weighted by Crippen LogP contribution is 2.45. The minimum atomic E-state index is -5.59. The van der Waals surface area contributed by atoms with Gasteiger partial charge in [0, 0.05) is 10.5 Å². The van der Waals surface area contributed by atoms with Crippen molar-refractivity contribution >= 4 is 12.6 Å². The van der Waals surface area contributed by atoms with Crippen molar-refractivity contribution in [3.8, 4) is 0 Å². The molecule has 0 heterocycles. The third-order valence-electron chi connectivity index (χ3n) is 1.60. The summed E-state index contributed by atoms with van der Waals surface area (Å²) < 4.78 is 61.2. The molecule has 0 unspecified atom stereocenters. The van der Waals surface area contributed by atoms with E-state index < -0.39 is 17.7 Å². The molecule has 1 rings (SSSR count). The first kappa shape index (κ1) is 11.3. The largest absolute Gasteiger partial charge is 0.458 e. The van der Waals surface area contributed by atoms with E-state index in [1.807, 2.05) is 0 Å². The van der Waals surface area contributed by atoms with Gasteiger partial charge in [0.15, 0.2) is 0 Å². The summed E-state index contributed by atoms with van der Waals surface area (Å²) in [4.78, 5) is -0.380. The maximum absolute atomic E-state index is 12.7. The van der Waals surface area contributed by atoms with Crippen LogP contribution >= 0.6 is 12.6 Å². The van der Waals surface area contributed by atoms with Gasteiger partial charge < -0.3 is 0 Å². The van der Waals surface area contributed by atoms with Gasteiger partial charge in [-0.1, -0.05) is 18.2 Å². The molecule has 0 fully saturated rings. The first-order valence-electron chi connectivity index (χ1n) is 3.50. The average molecular weight is 228 g/mol. The van der Waals surface area contributed by atoms with Crippen LogP contribution in [0.2, 0.25) is 0 Å². The standard InChI is InChI=1S/C8H5F5S/c9-7(10,8(11,12)13)5-3-1-2-4-6(5)14/h1-4,14H. The molecule has 6 heteroatoms. The van der Waals surface area contributed by atoms with Crippen molar-refractivity contribution in [3.05, 3.63) is 29.8 Å². The van der Waals surface area contributed by atoms with Gasteiger partial charge in [-0.05, 0) is 6.07 Å². The fourth-order valence-corrected chi connectivity index (χ4v) is 1.19. The fraction of sp³-hybridized carbons (Fsp3) is 0.250. The molecule has 1 aromatic rings. The van der Waals surface area contributed by atoms with Crippen molar-refractivity contribution in [2.24, 2.45) is 0 Å². The Bertz CT molecular complexity index is 331. The zero-order valence-electron chi connectivity index (χ0n) is 6.65. The van der Waals surface area contributed by atoms with Crippen molar-refractivity contribution in [3.63, 3.8) is 0 Å². The maximum atomic E-state index is 12.7. The SMILES string of the molecule is FC(F)(F)C(F)(F)c1ccccc1S. The molecular formula is C8H5F5S. The summed E-state index contributed by atoms with van der Waals surface area (Å²) >= 11 is 3.54. The lowest BCUT2D eigenvalue weighted by Crippen LogP contribution is -2.33. The molecule has 0 aliphatic carbocycles. The molecule has 0 N–H and O–H groups in total. The molecule has 0 atom stereocenters. The van der Waals surface area contributed by atoms with Gasteiger partial charge in [0.2, 0.25) is 0 Å². The van der Waals surface area contributed by atoms with Gasteiger partial charge in [0.25, 0.3) is 0 Å². The van der Waals surface area contributed by atoms with Crippen LogP contribution in [-0.4, -0.2) is 6.18 Å². The molecular weight excluding hydrogens is 223 g/mol. The van der Waals surface area contributed by atoms with Gasteiger partial charge >= 0.3 is 12.1 Å². The molecule has 0 nitrogen and oxygen atoms in total. The number of halogens is 5. The van der Waals surface area contributed by atoms with Gasteiger partial charge in [-0.25, -0.2) is 0 Å². The Kier molecular flexibility index (Phi) is 2.76. The second-order valence-corrected chi connectivity index (χ2v) is 3.07. The number of rotatable bonds is 1. The van der Waals surface area contributed by atoms with Crippen molar-refractivity contribution in [2.75, 3.05) is 0 Å². The van der Waals surface area contributed by atoms with Crippen molar-refractivity contribution in [2.45, 2.75) is 17.0 Å². The molecule has 78 valence electrons. The number of alkyl halides is 5. The van der Waals surface area contributed by atoms with E-state index in [0.717, 1.165) is 12.1 Å². The number of benzene rings is 1. The summed E-state index contributed by atoms with van der Waals surface area (Å²) in [5.74, 6) is -4.86. The van der Waals surface area contributed by atoms with Gasteiger partial charge in [0.1, 0.15) is 0 Å². The normalized spacial score (nSPS) is 13.0. The molecule has 0 radical (unpaired) electrons. The van der Waals surface area contributed by atoms with E-state index in [4.69, 9.17) is 0 Å². The fourth-order valence-electron chi connectivity index (χ4n) is 0.892. The predicted molar refractivity (Wildman–Crippen MR) is 43.6 cm³/mol. The zero-order valence-corrected chi connectivity index (χ0v) is 7.54. The van der Waals surface area contributed by atoms with Crippen LogP contribution in [0.1, 0.15) is 5.56 Å². The second kappa shape index (κ2) is 3.42. The van der Waals surface area contributed by atoms with E-state index in [2.05, 4.69) is 12.6 Å². The molecule has 0 aliphatic heterocycles. The lowest BCUT2D eigenvalue weighted by molar-refractivity contribution is -0.290. The van der Waals surface area contributed by atoms with Crippen LogP contribution in [0.15, 0.2) is 29.2 Å². The molecule has 1 aromatic carbocycles. The highest BCUT2D eigenvalue weighted by Gasteiger charge is 2.59. The number of hydrogen-bond acceptors (Lipinski definition) is 1. The van der Waals surface area contributed by atoms with Gasteiger partial charge in [-0.2, -0.15) is 22.0 Å². The summed E-state index contributed by atoms with van der Waals surface area (Å²) in [6, 6.07) is 4.22. The minimum absolute atomic E-state index is 0.380. The Morgan fingerprint density at radius 2 is 1.43 bits per heavy atom. The Labute approximate surface area is 82.1 Å². The lowest BCUT2D eigenvalue weighted by Gasteiger charge is -2.20. The molecule has 0 saturated heterocycles. The van der Waals surface area contributed by atoms with E-state index in [9.17, 15) is 22.0 Å². The van der Waals surface area contributed by atoms with E-state index in [0.29, 0.717) is 6.07 Å². The Hall–Kier alpha value is -0.780. The van der Waals surface area contributed by atoms with E-state index in [1.54, 1.807) is 0 Å². The molecule has 14 heavy (non-hydrogen) atoms. The average Bonchev–Trinajstić information content (AvgIpc) is 2.02. The van der Waals surface area contributed by atoms with Crippen LogP contribution in [-0.2, 0) is 5.92 Å². The van der Waals surface area contributed by atoms with Crippen LogP contribution in [0.5, 0.6) is 0 Å². The second-order valence-electron chi connectivity index (χ2n) is 2.59. The van der Waals surface area contributed by atoms with Crippen LogP contribution in [0, 0.1) is 0 Å². The monoisotopic (exact) mass is 228 g/mol. The smallest absolute Gasteiger partial charge is 0.191 e. The highest BCUT2D eigenvalue weighted by atomic mass is 32.1. The topological polar surface area (TPSA) is 0 Å². The summed E-state index contributed by atoms with van der Waals surface area (Å²) in [5, 5.41) is 0. The van der Waals surface area contributed by atoms with E-state index >= 15 is 0 Å². The third-order valence-corrected chi connectivity index (χ3v) is 1.99. The summed E-state index contributed by atoms with van der Waals surface area (Å²) in [5.41, 5.74) is -1.13. The Morgan fingerprint density at radius 3 is 1.86 bits per heavy atom. The van der Waals surface area contributed by atoms with Crippen molar-refractivity contribution < 1.29 is 22.0 Å². The van der Waals surface area contributed by atoms with Crippen LogP contribution in [0.4, 0.5) is 22.0 Å². The van der Waals surface area contributed by atoms with Crippen molar-refractivity contribution in [1.82, 2.24) is 0 Å². The van der Waals surface area contributed by atoms with E-state index in [1.165, 1.54) is 6.07 Å². The zero-order chi connectivity index (χ0) is 11.0. The summed E-state index contributed by atoms with van der Waals surface area (Å²) in [7, 11) is 0. The van der Waals surface area contributed by atoms with Gasteiger partial charge in [0.05, 0.1) is 0 Å².